The molecule has 0 saturated heterocycles. The molecule has 0 bridgehead atoms. The number of rotatable bonds is 7. The summed E-state index contributed by atoms with van der Waals surface area (Å²) < 4.78 is 18.2. The molecule has 0 amide bonds. The van der Waals surface area contributed by atoms with Gasteiger partial charge in [0.05, 0.1) is 37.4 Å². The van der Waals surface area contributed by atoms with Crippen LogP contribution in [0.4, 0.5) is 0 Å². The standard InChI is InChI=1S/C19H20N2O5/c1-24-10-9-21-14-8-7-12(19(22)23)11-13(14)20-18(21)17-15(25-2)5-4-6-16(17)26-3/h4-8,11H,9-10H2,1-3H3,(H,22,23). The summed E-state index contributed by atoms with van der Waals surface area (Å²) in [6.45, 7) is 1.03. The third kappa shape index (κ3) is 3.09. The fourth-order valence-corrected chi connectivity index (χ4v) is 2.93. The Morgan fingerprint density at radius 3 is 2.38 bits per heavy atom. The van der Waals surface area contributed by atoms with Crippen LogP contribution in [0, 0.1) is 0 Å². The number of carboxylic acid groups (broad SMARTS) is 1. The third-order valence-corrected chi connectivity index (χ3v) is 4.17. The van der Waals surface area contributed by atoms with Crippen LogP contribution in [0.3, 0.4) is 0 Å². The van der Waals surface area contributed by atoms with Crippen molar-refractivity contribution in [2.75, 3.05) is 27.9 Å². The number of fused-ring (bicyclic) bond motifs is 1. The summed E-state index contributed by atoms with van der Waals surface area (Å²) in [6, 6.07) is 10.4. The van der Waals surface area contributed by atoms with Crippen molar-refractivity contribution in [3.63, 3.8) is 0 Å². The molecule has 136 valence electrons. The second kappa shape index (κ2) is 7.45. The first-order chi connectivity index (χ1) is 12.6. The Balaban J connectivity index is 2.29. The molecule has 2 aromatic carbocycles. The second-order valence-corrected chi connectivity index (χ2v) is 5.63. The van der Waals surface area contributed by atoms with E-state index in [-0.39, 0.29) is 5.56 Å². The predicted molar refractivity (Wildman–Crippen MR) is 97.1 cm³/mol. The summed E-state index contributed by atoms with van der Waals surface area (Å²) in [5, 5.41) is 9.25. The van der Waals surface area contributed by atoms with Gasteiger partial charge in [-0.15, -0.1) is 0 Å². The minimum atomic E-state index is -0.991. The number of methoxy groups -OCH3 is 3. The van der Waals surface area contributed by atoms with Crippen molar-refractivity contribution in [1.82, 2.24) is 9.55 Å². The molecular formula is C19H20N2O5. The summed E-state index contributed by atoms with van der Waals surface area (Å²) in [6.07, 6.45) is 0. The maximum atomic E-state index is 11.3. The fraction of sp³-hybridized carbons (Fsp3) is 0.263. The van der Waals surface area contributed by atoms with E-state index in [0.717, 1.165) is 5.52 Å². The van der Waals surface area contributed by atoms with Gasteiger partial charge in [0.2, 0.25) is 0 Å². The normalized spacial score (nSPS) is 10.9. The molecule has 0 spiro atoms. The lowest BCUT2D eigenvalue weighted by Gasteiger charge is -2.14. The molecule has 3 aromatic rings. The van der Waals surface area contributed by atoms with E-state index in [2.05, 4.69) is 4.98 Å². The van der Waals surface area contributed by atoms with Crippen molar-refractivity contribution in [2.24, 2.45) is 0 Å². The van der Waals surface area contributed by atoms with E-state index in [1.165, 1.54) is 0 Å². The molecule has 0 radical (unpaired) electrons. The SMILES string of the molecule is COCCn1c(-c2c(OC)cccc2OC)nc2cc(C(=O)O)ccc21. The maximum absolute atomic E-state index is 11.3. The summed E-state index contributed by atoms with van der Waals surface area (Å²) >= 11 is 0. The Morgan fingerprint density at radius 2 is 1.81 bits per heavy atom. The zero-order chi connectivity index (χ0) is 18.7. The Labute approximate surface area is 150 Å². The quantitative estimate of drug-likeness (QED) is 0.700. The number of hydrogen-bond donors (Lipinski definition) is 1. The van der Waals surface area contributed by atoms with Crippen LogP contribution < -0.4 is 9.47 Å². The summed E-state index contributed by atoms with van der Waals surface area (Å²) in [7, 11) is 4.80. The third-order valence-electron chi connectivity index (χ3n) is 4.17. The van der Waals surface area contributed by atoms with E-state index >= 15 is 0 Å². The number of carboxylic acids is 1. The van der Waals surface area contributed by atoms with Crippen LogP contribution >= 0.6 is 0 Å². The fourth-order valence-electron chi connectivity index (χ4n) is 2.93. The van der Waals surface area contributed by atoms with Gasteiger partial charge in [-0.3, -0.25) is 0 Å². The van der Waals surface area contributed by atoms with Crippen molar-refractivity contribution < 1.29 is 24.1 Å². The van der Waals surface area contributed by atoms with Crippen LogP contribution in [0.15, 0.2) is 36.4 Å². The lowest BCUT2D eigenvalue weighted by atomic mass is 10.1. The van der Waals surface area contributed by atoms with Gasteiger partial charge < -0.3 is 23.9 Å². The van der Waals surface area contributed by atoms with Crippen LogP contribution in [0.25, 0.3) is 22.4 Å². The topological polar surface area (TPSA) is 82.8 Å². The Bertz CT molecular complexity index is 926. The Hall–Kier alpha value is -3.06. The average Bonchev–Trinajstić information content (AvgIpc) is 3.02. The highest BCUT2D eigenvalue weighted by Crippen LogP contribution is 2.39. The first kappa shape index (κ1) is 17.8. The molecule has 0 atom stereocenters. The number of imidazole rings is 1. The summed E-state index contributed by atoms with van der Waals surface area (Å²) in [5.41, 5.74) is 2.30. The van der Waals surface area contributed by atoms with Gasteiger partial charge in [0.1, 0.15) is 22.9 Å². The van der Waals surface area contributed by atoms with E-state index in [9.17, 15) is 9.90 Å². The number of aromatic carboxylic acids is 1. The predicted octanol–water partition coefficient (Wildman–Crippen LogP) is 3.07. The van der Waals surface area contributed by atoms with Crippen LogP contribution in [0.2, 0.25) is 0 Å². The smallest absolute Gasteiger partial charge is 0.335 e. The molecule has 7 heteroatoms. The zero-order valence-corrected chi connectivity index (χ0v) is 14.9. The highest BCUT2D eigenvalue weighted by atomic mass is 16.5. The van der Waals surface area contributed by atoms with Crippen LogP contribution in [-0.2, 0) is 11.3 Å². The number of hydrogen-bond acceptors (Lipinski definition) is 5. The van der Waals surface area contributed by atoms with Crippen molar-refractivity contribution >= 4 is 17.0 Å². The second-order valence-electron chi connectivity index (χ2n) is 5.63. The molecule has 1 N–H and O–H groups in total. The summed E-state index contributed by atoms with van der Waals surface area (Å²) in [5.74, 6) is 0.886. The lowest BCUT2D eigenvalue weighted by Crippen LogP contribution is -2.07. The number of carbonyl (C=O) groups is 1. The average molecular weight is 356 g/mol. The molecule has 7 nitrogen and oxygen atoms in total. The van der Waals surface area contributed by atoms with E-state index in [1.54, 1.807) is 39.5 Å². The van der Waals surface area contributed by atoms with Crippen molar-refractivity contribution in [3.05, 3.63) is 42.0 Å². The van der Waals surface area contributed by atoms with Gasteiger partial charge in [-0.1, -0.05) is 6.07 Å². The maximum Gasteiger partial charge on any atom is 0.335 e. The Morgan fingerprint density at radius 1 is 1.12 bits per heavy atom. The van der Waals surface area contributed by atoms with Crippen molar-refractivity contribution in [1.29, 1.82) is 0 Å². The van der Waals surface area contributed by atoms with Gasteiger partial charge in [-0.25, -0.2) is 9.78 Å². The number of nitrogens with zero attached hydrogens (tertiary/aromatic N) is 2. The monoisotopic (exact) mass is 356 g/mol. The number of ether oxygens (including phenoxy) is 3. The number of aromatic nitrogens is 2. The van der Waals surface area contributed by atoms with Gasteiger partial charge in [-0.2, -0.15) is 0 Å². The van der Waals surface area contributed by atoms with E-state index in [1.807, 2.05) is 22.8 Å². The molecular weight excluding hydrogens is 336 g/mol. The molecule has 1 aromatic heterocycles. The van der Waals surface area contributed by atoms with E-state index < -0.39 is 5.97 Å². The van der Waals surface area contributed by atoms with Crippen molar-refractivity contribution in [2.45, 2.75) is 6.54 Å². The summed E-state index contributed by atoms with van der Waals surface area (Å²) in [4.78, 5) is 16.0. The first-order valence-electron chi connectivity index (χ1n) is 8.04. The van der Waals surface area contributed by atoms with Gasteiger partial charge in [0, 0.05) is 13.7 Å². The van der Waals surface area contributed by atoms with E-state index in [4.69, 9.17) is 14.2 Å². The molecule has 26 heavy (non-hydrogen) atoms. The Kier molecular flexibility index (Phi) is 5.09. The molecule has 0 aliphatic heterocycles. The molecule has 0 fully saturated rings. The molecule has 0 unspecified atom stereocenters. The van der Waals surface area contributed by atoms with Crippen molar-refractivity contribution in [3.8, 4) is 22.9 Å². The largest absolute Gasteiger partial charge is 0.496 e. The first-order valence-corrected chi connectivity index (χ1v) is 8.04. The minimum Gasteiger partial charge on any atom is -0.496 e. The van der Waals surface area contributed by atoms with E-state index in [0.29, 0.717) is 41.6 Å². The lowest BCUT2D eigenvalue weighted by molar-refractivity contribution is 0.0697. The van der Waals surface area contributed by atoms with Gasteiger partial charge in [0.25, 0.3) is 0 Å². The zero-order valence-electron chi connectivity index (χ0n) is 14.9. The van der Waals surface area contributed by atoms with Gasteiger partial charge in [-0.05, 0) is 30.3 Å². The molecule has 0 aliphatic rings. The van der Waals surface area contributed by atoms with Gasteiger partial charge >= 0.3 is 5.97 Å². The molecule has 0 saturated carbocycles. The highest BCUT2D eigenvalue weighted by Gasteiger charge is 2.21. The van der Waals surface area contributed by atoms with Crippen LogP contribution in [0.1, 0.15) is 10.4 Å². The van der Waals surface area contributed by atoms with Crippen LogP contribution in [-0.4, -0.2) is 48.6 Å². The highest BCUT2D eigenvalue weighted by molar-refractivity contribution is 5.93. The molecule has 3 rings (SSSR count). The number of benzene rings is 2. The minimum absolute atomic E-state index is 0.187. The molecule has 0 aliphatic carbocycles. The molecule has 1 heterocycles. The van der Waals surface area contributed by atoms with Gasteiger partial charge in [0.15, 0.2) is 0 Å². The van der Waals surface area contributed by atoms with Crippen LogP contribution in [0.5, 0.6) is 11.5 Å².